The first-order chi connectivity index (χ1) is 11.1. The molecule has 23 heavy (non-hydrogen) atoms. The summed E-state index contributed by atoms with van der Waals surface area (Å²) in [6.07, 6.45) is 1.36. The van der Waals surface area contributed by atoms with Crippen molar-refractivity contribution in [2.75, 3.05) is 13.1 Å². The van der Waals surface area contributed by atoms with Crippen molar-refractivity contribution < 1.29 is 9.90 Å². The van der Waals surface area contributed by atoms with Crippen molar-refractivity contribution in [2.24, 2.45) is 5.92 Å². The number of thiophene rings is 1. The van der Waals surface area contributed by atoms with Crippen LogP contribution in [0.2, 0.25) is 10.0 Å². The maximum Gasteiger partial charge on any atom is 0.306 e. The number of aliphatic carboxylic acids is 1. The minimum atomic E-state index is -0.689. The summed E-state index contributed by atoms with van der Waals surface area (Å²) in [5, 5.41) is 14.5. The number of carbonyl (C=O) groups is 1. The van der Waals surface area contributed by atoms with Crippen LogP contribution in [0.15, 0.2) is 35.0 Å². The Morgan fingerprint density at radius 1 is 1.17 bits per heavy atom. The molecule has 1 aromatic carbocycles. The fourth-order valence-electron chi connectivity index (χ4n) is 3.13. The van der Waals surface area contributed by atoms with E-state index < -0.39 is 5.97 Å². The fraction of sp³-hybridized carbons (Fsp3) is 0.353. The molecule has 2 aromatic rings. The van der Waals surface area contributed by atoms with Gasteiger partial charge in [-0.25, -0.2) is 0 Å². The van der Waals surface area contributed by atoms with Crippen molar-refractivity contribution in [1.29, 1.82) is 0 Å². The van der Waals surface area contributed by atoms with Gasteiger partial charge in [-0.2, -0.15) is 11.3 Å². The van der Waals surface area contributed by atoms with Crippen LogP contribution in [0, 0.1) is 5.92 Å². The molecule has 1 N–H and O–H groups in total. The third-order valence-electron chi connectivity index (χ3n) is 4.36. The molecule has 6 heteroatoms. The minimum absolute atomic E-state index is 0.0887. The molecule has 0 amide bonds. The lowest BCUT2D eigenvalue weighted by Gasteiger charge is -2.36. The largest absolute Gasteiger partial charge is 0.481 e. The van der Waals surface area contributed by atoms with Crippen molar-refractivity contribution in [2.45, 2.75) is 18.9 Å². The molecule has 1 unspecified atom stereocenters. The van der Waals surface area contributed by atoms with Crippen LogP contribution in [0.1, 0.15) is 30.0 Å². The minimum Gasteiger partial charge on any atom is -0.481 e. The average molecular weight is 370 g/mol. The molecule has 0 saturated carbocycles. The molecule has 1 atom stereocenters. The van der Waals surface area contributed by atoms with Crippen LogP contribution in [0.3, 0.4) is 0 Å². The molecule has 1 aliphatic heterocycles. The first-order valence-corrected chi connectivity index (χ1v) is 9.20. The smallest absolute Gasteiger partial charge is 0.306 e. The normalized spacial score (nSPS) is 18.0. The van der Waals surface area contributed by atoms with Gasteiger partial charge in [-0.05, 0) is 66.0 Å². The van der Waals surface area contributed by atoms with Crippen molar-refractivity contribution in [3.8, 4) is 0 Å². The number of hydrogen-bond donors (Lipinski definition) is 1. The van der Waals surface area contributed by atoms with E-state index in [1.807, 2.05) is 18.2 Å². The lowest BCUT2D eigenvalue weighted by Crippen LogP contribution is -2.39. The Bertz CT molecular complexity index is 682. The number of hydrogen-bond acceptors (Lipinski definition) is 3. The molecular weight excluding hydrogens is 353 g/mol. The molecule has 0 radical (unpaired) electrons. The third-order valence-corrected chi connectivity index (χ3v) is 5.80. The van der Waals surface area contributed by atoms with Gasteiger partial charge < -0.3 is 5.11 Å². The number of carboxylic acid groups (broad SMARTS) is 1. The summed E-state index contributed by atoms with van der Waals surface area (Å²) in [6, 6.07) is 7.93. The van der Waals surface area contributed by atoms with Gasteiger partial charge in [0.25, 0.3) is 0 Å². The number of likely N-dealkylation sites (tertiary alicyclic amines) is 1. The van der Waals surface area contributed by atoms with Gasteiger partial charge in [0, 0.05) is 0 Å². The fourth-order valence-corrected chi connectivity index (χ4v) is 4.12. The molecule has 1 fully saturated rings. The van der Waals surface area contributed by atoms with E-state index in [2.05, 4.69) is 21.7 Å². The molecule has 1 aromatic heterocycles. The van der Waals surface area contributed by atoms with Crippen molar-refractivity contribution in [1.82, 2.24) is 4.90 Å². The molecule has 0 spiro atoms. The molecule has 3 nitrogen and oxygen atoms in total. The second kappa shape index (κ2) is 7.22. The van der Waals surface area contributed by atoms with Crippen LogP contribution in [0.4, 0.5) is 0 Å². The molecule has 1 saturated heterocycles. The number of benzene rings is 1. The summed E-state index contributed by atoms with van der Waals surface area (Å²) in [5.41, 5.74) is 2.30. The summed E-state index contributed by atoms with van der Waals surface area (Å²) in [6.45, 7) is 1.52. The number of carboxylic acids is 1. The summed E-state index contributed by atoms with van der Waals surface area (Å²) < 4.78 is 0. The Hall–Kier alpha value is -1.07. The zero-order valence-electron chi connectivity index (χ0n) is 12.4. The highest BCUT2D eigenvalue weighted by Crippen LogP contribution is 2.36. The Morgan fingerprint density at radius 2 is 1.91 bits per heavy atom. The van der Waals surface area contributed by atoms with Gasteiger partial charge >= 0.3 is 5.97 Å². The van der Waals surface area contributed by atoms with Crippen LogP contribution < -0.4 is 0 Å². The standard InChI is InChI=1S/C17H17Cl2NO2S/c18-14-2-1-12(9-15(14)19)16(13-5-8-23-10-13)20-6-3-11(4-7-20)17(21)22/h1-2,5,8-11,16H,3-4,6-7H2,(H,21,22). The molecule has 3 rings (SSSR count). The number of halogens is 2. The quantitative estimate of drug-likeness (QED) is 0.829. The van der Waals surface area contributed by atoms with E-state index >= 15 is 0 Å². The SMILES string of the molecule is O=C(O)C1CCN(C(c2ccsc2)c2ccc(Cl)c(Cl)c2)CC1. The maximum atomic E-state index is 11.2. The van der Waals surface area contributed by atoms with Crippen LogP contribution in [-0.2, 0) is 4.79 Å². The van der Waals surface area contributed by atoms with E-state index in [0.29, 0.717) is 22.9 Å². The predicted octanol–water partition coefficient (Wildman–Crippen LogP) is 4.94. The number of rotatable bonds is 4. The maximum absolute atomic E-state index is 11.2. The van der Waals surface area contributed by atoms with Crippen molar-refractivity contribution >= 4 is 40.5 Å². The van der Waals surface area contributed by atoms with E-state index in [0.717, 1.165) is 18.7 Å². The second-order valence-electron chi connectivity index (χ2n) is 5.78. The predicted molar refractivity (Wildman–Crippen MR) is 94.6 cm³/mol. The van der Waals surface area contributed by atoms with E-state index in [9.17, 15) is 9.90 Å². The van der Waals surface area contributed by atoms with Gasteiger partial charge in [0.2, 0.25) is 0 Å². The first-order valence-electron chi connectivity index (χ1n) is 7.50. The molecule has 122 valence electrons. The highest BCUT2D eigenvalue weighted by molar-refractivity contribution is 7.08. The number of piperidine rings is 1. The number of nitrogens with zero attached hydrogens (tertiary/aromatic N) is 1. The Balaban J connectivity index is 1.88. The van der Waals surface area contributed by atoms with Gasteiger partial charge in [0.15, 0.2) is 0 Å². The van der Waals surface area contributed by atoms with Crippen LogP contribution in [-0.4, -0.2) is 29.1 Å². The second-order valence-corrected chi connectivity index (χ2v) is 7.38. The van der Waals surface area contributed by atoms with E-state index in [1.165, 1.54) is 5.56 Å². The topological polar surface area (TPSA) is 40.5 Å². The van der Waals surface area contributed by atoms with Crippen molar-refractivity contribution in [3.05, 3.63) is 56.2 Å². The highest BCUT2D eigenvalue weighted by atomic mass is 35.5. The molecule has 1 aliphatic rings. The summed E-state index contributed by atoms with van der Waals surface area (Å²) in [7, 11) is 0. The molecule has 2 heterocycles. The molecule has 0 bridgehead atoms. The van der Waals surface area contributed by atoms with Gasteiger partial charge in [-0.15, -0.1) is 0 Å². The van der Waals surface area contributed by atoms with Gasteiger partial charge in [0.05, 0.1) is 22.0 Å². The zero-order chi connectivity index (χ0) is 16.4. The monoisotopic (exact) mass is 369 g/mol. The van der Waals surface area contributed by atoms with Crippen LogP contribution in [0.5, 0.6) is 0 Å². The first kappa shape index (κ1) is 16.8. The Kier molecular flexibility index (Phi) is 5.27. The summed E-state index contributed by atoms with van der Waals surface area (Å²) >= 11 is 13.9. The van der Waals surface area contributed by atoms with Crippen LogP contribution >= 0.6 is 34.5 Å². The van der Waals surface area contributed by atoms with Gasteiger partial charge in [-0.1, -0.05) is 29.3 Å². The van der Waals surface area contributed by atoms with E-state index in [-0.39, 0.29) is 12.0 Å². The van der Waals surface area contributed by atoms with Crippen LogP contribution in [0.25, 0.3) is 0 Å². The molecule has 0 aliphatic carbocycles. The lowest BCUT2D eigenvalue weighted by atomic mass is 9.92. The average Bonchev–Trinajstić information content (AvgIpc) is 3.05. The zero-order valence-corrected chi connectivity index (χ0v) is 14.7. The summed E-state index contributed by atoms with van der Waals surface area (Å²) in [4.78, 5) is 13.5. The van der Waals surface area contributed by atoms with Gasteiger partial charge in [-0.3, -0.25) is 9.69 Å². The van der Waals surface area contributed by atoms with Gasteiger partial charge in [0.1, 0.15) is 0 Å². The van der Waals surface area contributed by atoms with E-state index in [4.69, 9.17) is 23.2 Å². The highest BCUT2D eigenvalue weighted by Gasteiger charge is 2.30. The lowest BCUT2D eigenvalue weighted by molar-refractivity contribution is -0.143. The Morgan fingerprint density at radius 3 is 2.48 bits per heavy atom. The summed E-state index contributed by atoms with van der Waals surface area (Å²) in [5.74, 6) is -0.922. The van der Waals surface area contributed by atoms with Crippen molar-refractivity contribution in [3.63, 3.8) is 0 Å². The Labute approximate surface area is 149 Å². The third kappa shape index (κ3) is 3.72. The molecular formula is C17H17Cl2NO2S. The van der Waals surface area contributed by atoms with E-state index in [1.54, 1.807) is 11.3 Å².